The molecule has 0 radical (unpaired) electrons. The first-order valence-electron chi connectivity index (χ1n) is 8.60. The van der Waals surface area contributed by atoms with Gasteiger partial charge in [0.1, 0.15) is 5.76 Å². The highest BCUT2D eigenvalue weighted by Crippen LogP contribution is 2.32. The molecule has 0 fully saturated rings. The Morgan fingerprint density at radius 1 is 1.28 bits per heavy atom. The molecule has 0 spiro atoms. The fraction of sp³-hybridized carbons (Fsp3) is 0.211. The molecular formula is C19H15F3N4O2S. The summed E-state index contributed by atoms with van der Waals surface area (Å²) in [6.07, 6.45) is -2.94. The van der Waals surface area contributed by atoms with Crippen LogP contribution in [0.5, 0.6) is 0 Å². The predicted octanol–water partition coefficient (Wildman–Crippen LogP) is 4.64. The van der Waals surface area contributed by atoms with E-state index in [1.54, 1.807) is 22.1 Å². The van der Waals surface area contributed by atoms with Gasteiger partial charge in [-0.1, -0.05) is 0 Å². The van der Waals surface area contributed by atoms with Crippen molar-refractivity contribution in [3.63, 3.8) is 0 Å². The van der Waals surface area contributed by atoms with Gasteiger partial charge in [-0.3, -0.25) is 10.1 Å². The van der Waals surface area contributed by atoms with Crippen molar-refractivity contribution in [2.45, 2.75) is 26.1 Å². The number of rotatable bonds is 5. The number of aromatic nitrogens is 3. The van der Waals surface area contributed by atoms with Crippen molar-refractivity contribution in [2.24, 2.45) is 0 Å². The molecule has 0 saturated heterocycles. The summed E-state index contributed by atoms with van der Waals surface area (Å²) < 4.78 is 46.1. The average molecular weight is 420 g/mol. The van der Waals surface area contributed by atoms with Crippen LogP contribution in [0.15, 0.2) is 46.4 Å². The minimum absolute atomic E-state index is 0.0437. The Morgan fingerprint density at radius 3 is 2.76 bits per heavy atom. The lowest BCUT2D eigenvalue weighted by Crippen LogP contribution is -2.18. The number of hydrogen-bond acceptors (Lipinski definition) is 5. The number of furan rings is 1. The van der Waals surface area contributed by atoms with Crippen molar-refractivity contribution in [1.29, 1.82) is 0 Å². The predicted molar refractivity (Wildman–Crippen MR) is 102 cm³/mol. The molecule has 1 amide bonds. The first-order chi connectivity index (χ1) is 13.8. The fourth-order valence-electron chi connectivity index (χ4n) is 2.94. The second-order valence-corrected chi connectivity index (χ2v) is 7.45. The van der Waals surface area contributed by atoms with Crippen molar-refractivity contribution in [3.05, 3.63) is 64.0 Å². The Balaban J connectivity index is 1.69. The van der Waals surface area contributed by atoms with E-state index in [2.05, 4.69) is 15.3 Å². The van der Waals surface area contributed by atoms with Crippen LogP contribution in [0.2, 0.25) is 0 Å². The van der Waals surface area contributed by atoms with Gasteiger partial charge in [-0.05, 0) is 37.3 Å². The van der Waals surface area contributed by atoms with E-state index >= 15 is 0 Å². The zero-order chi connectivity index (χ0) is 20.6. The van der Waals surface area contributed by atoms with Crippen LogP contribution in [0.4, 0.5) is 19.1 Å². The molecule has 0 aliphatic carbocycles. The summed E-state index contributed by atoms with van der Waals surface area (Å²) in [5.74, 6) is 0.366. The highest BCUT2D eigenvalue weighted by molar-refractivity contribution is 7.09. The maximum Gasteiger partial charge on any atom is 0.416 e. The number of carbonyl (C=O) groups is 1. The van der Waals surface area contributed by atoms with Gasteiger partial charge in [-0.2, -0.15) is 13.2 Å². The smallest absolute Gasteiger partial charge is 0.416 e. The van der Waals surface area contributed by atoms with E-state index < -0.39 is 11.7 Å². The van der Waals surface area contributed by atoms with E-state index in [0.29, 0.717) is 17.0 Å². The van der Waals surface area contributed by atoms with Crippen molar-refractivity contribution in [1.82, 2.24) is 14.5 Å². The summed E-state index contributed by atoms with van der Waals surface area (Å²) in [7, 11) is 0. The van der Waals surface area contributed by atoms with Crippen LogP contribution in [0.25, 0.3) is 11.0 Å². The standard InChI is InChI=1S/C19H15F3N4O2S/c1-11-23-13(10-29-11)8-17(27)25-18-24-15-7-12(19(20,21)22)4-5-16(15)26(18)9-14-3-2-6-28-14/h2-7,10H,8-9H2,1H3,(H,24,25,27). The van der Waals surface area contributed by atoms with Crippen LogP contribution in [-0.4, -0.2) is 20.4 Å². The van der Waals surface area contributed by atoms with E-state index in [0.717, 1.165) is 17.1 Å². The third kappa shape index (κ3) is 4.16. The highest BCUT2D eigenvalue weighted by atomic mass is 32.1. The van der Waals surface area contributed by atoms with Crippen molar-refractivity contribution < 1.29 is 22.4 Å². The van der Waals surface area contributed by atoms with E-state index in [1.807, 2.05) is 6.92 Å². The third-order valence-corrected chi connectivity index (χ3v) is 5.05. The molecule has 0 atom stereocenters. The van der Waals surface area contributed by atoms with Crippen LogP contribution in [0, 0.1) is 6.92 Å². The highest BCUT2D eigenvalue weighted by Gasteiger charge is 2.31. The van der Waals surface area contributed by atoms with Crippen LogP contribution >= 0.6 is 11.3 Å². The maximum absolute atomic E-state index is 13.1. The Bertz CT molecular complexity index is 1160. The summed E-state index contributed by atoms with van der Waals surface area (Å²) in [4.78, 5) is 20.9. The number of alkyl halides is 3. The summed E-state index contributed by atoms with van der Waals surface area (Å²) in [6.45, 7) is 2.05. The molecule has 6 nitrogen and oxygen atoms in total. The van der Waals surface area contributed by atoms with Gasteiger partial charge in [0.05, 0.1) is 46.5 Å². The molecule has 0 unspecified atom stereocenters. The molecule has 1 N–H and O–H groups in total. The summed E-state index contributed by atoms with van der Waals surface area (Å²) >= 11 is 1.44. The molecule has 0 aliphatic rings. The minimum atomic E-state index is -4.48. The first kappa shape index (κ1) is 19.2. The number of thiazole rings is 1. The Labute approximate surface area is 167 Å². The molecule has 3 aromatic heterocycles. The van der Waals surface area contributed by atoms with E-state index in [4.69, 9.17) is 4.42 Å². The van der Waals surface area contributed by atoms with Gasteiger partial charge in [0.2, 0.25) is 11.9 Å². The van der Waals surface area contributed by atoms with Gasteiger partial charge in [0.15, 0.2) is 0 Å². The van der Waals surface area contributed by atoms with Crippen molar-refractivity contribution in [3.8, 4) is 0 Å². The Kier molecular flexibility index (Phi) is 4.87. The number of anilines is 1. The maximum atomic E-state index is 13.1. The number of benzene rings is 1. The molecule has 0 saturated carbocycles. The number of carbonyl (C=O) groups excluding carboxylic acids is 1. The molecule has 3 heterocycles. The van der Waals surface area contributed by atoms with Crippen LogP contribution in [0.1, 0.15) is 22.0 Å². The molecule has 150 valence electrons. The van der Waals surface area contributed by atoms with Gasteiger partial charge < -0.3 is 8.98 Å². The van der Waals surface area contributed by atoms with Crippen molar-refractivity contribution >= 4 is 34.2 Å². The van der Waals surface area contributed by atoms with Crippen LogP contribution in [0.3, 0.4) is 0 Å². The monoisotopic (exact) mass is 420 g/mol. The van der Waals surface area contributed by atoms with Gasteiger partial charge in [0.25, 0.3) is 0 Å². The average Bonchev–Trinajstić information content (AvgIpc) is 3.36. The Hall–Kier alpha value is -3.14. The number of amides is 1. The topological polar surface area (TPSA) is 73.0 Å². The molecule has 1 aromatic carbocycles. The zero-order valence-corrected chi connectivity index (χ0v) is 16.0. The third-order valence-electron chi connectivity index (χ3n) is 4.23. The number of imidazole rings is 1. The van der Waals surface area contributed by atoms with Crippen LogP contribution < -0.4 is 5.32 Å². The molecular weight excluding hydrogens is 405 g/mol. The van der Waals surface area contributed by atoms with Gasteiger partial charge in [0, 0.05) is 5.38 Å². The lowest BCUT2D eigenvalue weighted by molar-refractivity contribution is -0.137. The van der Waals surface area contributed by atoms with Gasteiger partial charge in [-0.15, -0.1) is 11.3 Å². The number of nitrogens with one attached hydrogen (secondary N) is 1. The number of fused-ring (bicyclic) bond motifs is 1. The van der Waals surface area contributed by atoms with Crippen molar-refractivity contribution in [2.75, 3.05) is 5.32 Å². The zero-order valence-electron chi connectivity index (χ0n) is 15.2. The summed E-state index contributed by atoms with van der Waals surface area (Å²) in [5, 5.41) is 5.32. The van der Waals surface area contributed by atoms with Crippen LogP contribution in [-0.2, 0) is 23.9 Å². The van der Waals surface area contributed by atoms with E-state index in [1.165, 1.54) is 23.7 Å². The molecule has 0 aliphatic heterocycles. The summed E-state index contributed by atoms with van der Waals surface area (Å²) in [5.41, 5.74) is 0.405. The van der Waals surface area contributed by atoms with E-state index in [9.17, 15) is 18.0 Å². The molecule has 0 bridgehead atoms. The number of aryl methyl sites for hydroxylation is 1. The van der Waals surface area contributed by atoms with Gasteiger partial charge in [-0.25, -0.2) is 9.97 Å². The van der Waals surface area contributed by atoms with E-state index in [-0.39, 0.29) is 30.3 Å². The SMILES string of the molecule is Cc1nc(CC(=O)Nc2nc3cc(C(F)(F)F)ccc3n2Cc2ccco2)cs1. The lowest BCUT2D eigenvalue weighted by atomic mass is 10.2. The Morgan fingerprint density at radius 2 is 2.10 bits per heavy atom. The number of hydrogen-bond donors (Lipinski definition) is 1. The quantitative estimate of drug-likeness (QED) is 0.510. The molecule has 4 aromatic rings. The first-order valence-corrected chi connectivity index (χ1v) is 9.48. The second kappa shape index (κ2) is 7.36. The normalized spacial score (nSPS) is 11.9. The lowest BCUT2D eigenvalue weighted by Gasteiger charge is -2.09. The second-order valence-electron chi connectivity index (χ2n) is 6.38. The molecule has 4 rings (SSSR count). The summed E-state index contributed by atoms with van der Waals surface area (Å²) in [6, 6.07) is 6.74. The molecule has 29 heavy (non-hydrogen) atoms. The fourth-order valence-corrected chi connectivity index (χ4v) is 3.56. The van der Waals surface area contributed by atoms with Gasteiger partial charge >= 0.3 is 6.18 Å². The molecule has 10 heteroatoms. The number of nitrogens with zero attached hydrogens (tertiary/aromatic N) is 3. The minimum Gasteiger partial charge on any atom is -0.467 e. The largest absolute Gasteiger partial charge is 0.467 e. The number of halogens is 3.